The normalized spacial score (nSPS) is 11.5. The van der Waals surface area contributed by atoms with Crippen LogP contribution >= 0.6 is 0 Å². The number of nitrogens with one attached hydrogen (secondary N) is 2. The highest BCUT2D eigenvalue weighted by Gasteiger charge is 2.13. The van der Waals surface area contributed by atoms with E-state index in [1.807, 2.05) is 30.3 Å². The lowest BCUT2D eigenvalue weighted by Gasteiger charge is -2.17. The zero-order valence-electron chi connectivity index (χ0n) is 12.3. The fourth-order valence-corrected chi connectivity index (χ4v) is 2.09. The fourth-order valence-electron chi connectivity index (χ4n) is 2.09. The number of aliphatic hydroxyl groups excluding tert-OH is 1. The first-order valence-corrected chi connectivity index (χ1v) is 7.03. The molecule has 23 heavy (non-hydrogen) atoms. The molecule has 7 heteroatoms. The van der Waals surface area contributed by atoms with Gasteiger partial charge in [-0.05, 0) is 11.1 Å². The number of amides is 2. The van der Waals surface area contributed by atoms with Crippen LogP contribution in [0.5, 0.6) is 0 Å². The number of urea groups is 1. The van der Waals surface area contributed by atoms with E-state index < -0.39 is 17.0 Å². The zero-order chi connectivity index (χ0) is 16.7. The molecule has 1 atom stereocenters. The van der Waals surface area contributed by atoms with Crippen molar-refractivity contribution in [2.75, 3.05) is 6.61 Å². The van der Waals surface area contributed by atoms with Crippen LogP contribution in [-0.2, 0) is 6.54 Å². The zero-order valence-corrected chi connectivity index (χ0v) is 12.3. The number of hydrogen-bond acceptors (Lipinski definition) is 4. The second-order valence-electron chi connectivity index (χ2n) is 4.90. The highest BCUT2D eigenvalue weighted by molar-refractivity contribution is 5.74. The predicted octanol–water partition coefficient (Wildman–Crippen LogP) is 2.13. The molecule has 1 unspecified atom stereocenters. The Kier molecular flexibility index (Phi) is 5.65. The van der Waals surface area contributed by atoms with Gasteiger partial charge in [0.15, 0.2) is 0 Å². The maximum atomic E-state index is 11.9. The summed E-state index contributed by atoms with van der Waals surface area (Å²) in [7, 11) is 0. The van der Waals surface area contributed by atoms with Gasteiger partial charge >= 0.3 is 6.03 Å². The standard InChI is InChI=1S/C16H17N3O4/c20-11-15(13-6-2-1-3-7-13)18-16(21)17-10-12-5-4-8-14(9-12)19(22)23/h1-9,15,20H,10-11H2,(H2,17,18,21). The number of nitro groups is 1. The molecule has 0 bridgehead atoms. The topological polar surface area (TPSA) is 104 Å². The van der Waals surface area contributed by atoms with Crippen molar-refractivity contribution in [1.29, 1.82) is 0 Å². The Hall–Kier alpha value is -2.93. The fraction of sp³-hybridized carbons (Fsp3) is 0.188. The van der Waals surface area contributed by atoms with Crippen LogP contribution in [0, 0.1) is 10.1 Å². The first-order chi connectivity index (χ1) is 11.1. The monoisotopic (exact) mass is 315 g/mol. The molecule has 0 aliphatic heterocycles. The smallest absolute Gasteiger partial charge is 0.315 e. The van der Waals surface area contributed by atoms with Crippen LogP contribution in [0.15, 0.2) is 54.6 Å². The number of benzene rings is 2. The molecule has 120 valence electrons. The van der Waals surface area contributed by atoms with Gasteiger partial charge in [0.2, 0.25) is 0 Å². The summed E-state index contributed by atoms with van der Waals surface area (Å²) >= 11 is 0. The molecule has 2 aromatic carbocycles. The van der Waals surface area contributed by atoms with E-state index in [9.17, 15) is 20.0 Å². The number of carbonyl (C=O) groups excluding carboxylic acids is 1. The van der Waals surface area contributed by atoms with Crippen LogP contribution in [0.4, 0.5) is 10.5 Å². The Morgan fingerprint density at radius 1 is 1.17 bits per heavy atom. The Morgan fingerprint density at radius 3 is 2.57 bits per heavy atom. The Morgan fingerprint density at radius 2 is 1.91 bits per heavy atom. The molecule has 7 nitrogen and oxygen atoms in total. The molecule has 0 saturated carbocycles. The van der Waals surface area contributed by atoms with Gasteiger partial charge in [0.1, 0.15) is 0 Å². The van der Waals surface area contributed by atoms with Gasteiger partial charge in [-0.15, -0.1) is 0 Å². The molecule has 0 aliphatic rings. The van der Waals surface area contributed by atoms with E-state index in [0.29, 0.717) is 5.56 Å². The third kappa shape index (κ3) is 4.79. The third-order valence-electron chi connectivity index (χ3n) is 3.26. The molecular weight excluding hydrogens is 298 g/mol. The largest absolute Gasteiger partial charge is 0.394 e. The van der Waals surface area contributed by atoms with Crippen LogP contribution < -0.4 is 10.6 Å². The molecular formula is C16H17N3O4. The third-order valence-corrected chi connectivity index (χ3v) is 3.26. The van der Waals surface area contributed by atoms with Gasteiger partial charge in [-0.1, -0.05) is 42.5 Å². The number of nitrogens with zero attached hydrogens (tertiary/aromatic N) is 1. The van der Waals surface area contributed by atoms with Crippen molar-refractivity contribution in [3.05, 3.63) is 75.8 Å². The van der Waals surface area contributed by atoms with Gasteiger partial charge in [-0.25, -0.2) is 4.79 Å². The van der Waals surface area contributed by atoms with Gasteiger partial charge in [-0.2, -0.15) is 0 Å². The van der Waals surface area contributed by atoms with E-state index in [1.54, 1.807) is 12.1 Å². The summed E-state index contributed by atoms with van der Waals surface area (Å²) in [5, 5.41) is 25.4. The van der Waals surface area contributed by atoms with Crippen molar-refractivity contribution in [3.63, 3.8) is 0 Å². The van der Waals surface area contributed by atoms with Crippen LogP contribution in [-0.4, -0.2) is 22.7 Å². The minimum Gasteiger partial charge on any atom is -0.394 e. The maximum absolute atomic E-state index is 11.9. The average Bonchev–Trinajstić information content (AvgIpc) is 2.59. The number of nitro benzene ring substituents is 1. The lowest BCUT2D eigenvalue weighted by molar-refractivity contribution is -0.384. The van der Waals surface area contributed by atoms with Crippen molar-refractivity contribution in [1.82, 2.24) is 10.6 Å². The van der Waals surface area contributed by atoms with Crippen LogP contribution in [0.3, 0.4) is 0 Å². The Balaban J connectivity index is 1.92. The summed E-state index contributed by atoms with van der Waals surface area (Å²) in [6, 6.07) is 14.2. The van der Waals surface area contributed by atoms with E-state index in [2.05, 4.69) is 10.6 Å². The lowest BCUT2D eigenvalue weighted by atomic mass is 10.1. The van der Waals surface area contributed by atoms with Gasteiger partial charge in [0.05, 0.1) is 17.6 Å². The lowest BCUT2D eigenvalue weighted by Crippen LogP contribution is -2.38. The van der Waals surface area contributed by atoms with E-state index in [0.717, 1.165) is 5.56 Å². The number of rotatable bonds is 6. The summed E-state index contributed by atoms with van der Waals surface area (Å²) < 4.78 is 0. The second-order valence-corrected chi connectivity index (χ2v) is 4.90. The van der Waals surface area contributed by atoms with Crippen molar-refractivity contribution in [2.24, 2.45) is 0 Å². The Bertz CT molecular complexity index is 676. The maximum Gasteiger partial charge on any atom is 0.315 e. The molecule has 0 spiro atoms. The van der Waals surface area contributed by atoms with Crippen molar-refractivity contribution >= 4 is 11.7 Å². The van der Waals surface area contributed by atoms with E-state index >= 15 is 0 Å². The summed E-state index contributed by atoms with van der Waals surface area (Å²) in [5.74, 6) is 0. The molecule has 2 amide bonds. The SMILES string of the molecule is O=C(NCc1cccc([N+](=O)[O-])c1)NC(CO)c1ccccc1. The number of non-ortho nitro benzene ring substituents is 1. The van der Waals surface area contributed by atoms with E-state index in [-0.39, 0.29) is 18.8 Å². The quantitative estimate of drug-likeness (QED) is 0.561. The number of hydrogen-bond donors (Lipinski definition) is 3. The van der Waals surface area contributed by atoms with Crippen molar-refractivity contribution in [3.8, 4) is 0 Å². The number of carbonyl (C=O) groups is 1. The minimum absolute atomic E-state index is 0.0257. The van der Waals surface area contributed by atoms with Gasteiger partial charge in [0, 0.05) is 18.7 Å². The second kappa shape index (κ2) is 7.90. The Labute approximate surface area is 133 Å². The van der Waals surface area contributed by atoms with Crippen LogP contribution in [0.2, 0.25) is 0 Å². The average molecular weight is 315 g/mol. The van der Waals surface area contributed by atoms with Crippen molar-refractivity contribution in [2.45, 2.75) is 12.6 Å². The highest BCUT2D eigenvalue weighted by atomic mass is 16.6. The molecule has 0 heterocycles. The van der Waals surface area contributed by atoms with Crippen LogP contribution in [0.25, 0.3) is 0 Å². The summed E-state index contributed by atoms with van der Waals surface area (Å²) in [6.45, 7) is -0.0747. The summed E-state index contributed by atoms with van der Waals surface area (Å²) in [5.41, 5.74) is 1.39. The van der Waals surface area contributed by atoms with Gasteiger partial charge in [-0.3, -0.25) is 10.1 Å². The molecule has 0 aliphatic carbocycles. The highest BCUT2D eigenvalue weighted by Crippen LogP contribution is 2.13. The first-order valence-electron chi connectivity index (χ1n) is 7.03. The summed E-state index contributed by atoms with van der Waals surface area (Å²) in [6.07, 6.45) is 0. The summed E-state index contributed by atoms with van der Waals surface area (Å²) in [4.78, 5) is 22.1. The molecule has 0 radical (unpaired) electrons. The van der Waals surface area contributed by atoms with Gasteiger partial charge in [0.25, 0.3) is 5.69 Å². The first kappa shape index (κ1) is 16.4. The van der Waals surface area contributed by atoms with Crippen molar-refractivity contribution < 1.29 is 14.8 Å². The minimum atomic E-state index is -0.513. The van der Waals surface area contributed by atoms with E-state index in [4.69, 9.17) is 0 Å². The molecule has 3 N–H and O–H groups in total. The molecule has 0 aromatic heterocycles. The van der Waals surface area contributed by atoms with Crippen LogP contribution in [0.1, 0.15) is 17.2 Å². The molecule has 2 rings (SSSR count). The van der Waals surface area contributed by atoms with E-state index in [1.165, 1.54) is 12.1 Å². The van der Waals surface area contributed by atoms with Gasteiger partial charge < -0.3 is 15.7 Å². The molecule has 0 saturated heterocycles. The molecule has 2 aromatic rings. The molecule has 0 fully saturated rings. The predicted molar refractivity (Wildman–Crippen MR) is 84.7 cm³/mol. The number of aliphatic hydroxyl groups is 1.